The normalized spacial score (nSPS) is 14.6. The minimum atomic E-state index is -0.346. The van der Waals surface area contributed by atoms with E-state index in [1.54, 1.807) is 18.2 Å². The summed E-state index contributed by atoms with van der Waals surface area (Å²) in [5.74, 6) is 0.664. The van der Waals surface area contributed by atoms with Crippen LogP contribution in [0.15, 0.2) is 36.4 Å². The van der Waals surface area contributed by atoms with Gasteiger partial charge in [0, 0.05) is 13.1 Å². The summed E-state index contributed by atoms with van der Waals surface area (Å²) in [7, 11) is 0. The van der Waals surface area contributed by atoms with Gasteiger partial charge in [0.2, 0.25) is 5.91 Å². The molecule has 0 unspecified atom stereocenters. The Morgan fingerprint density at radius 1 is 1.13 bits per heavy atom. The summed E-state index contributed by atoms with van der Waals surface area (Å²) >= 11 is 0. The highest BCUT2D eigenvalue weighted by Gasteiger charge is 2.13. The molecule has 0 radical (unpaired) electrons. The summed E-state index contributed by atoms with van der Waals surface area (Å²) in [6, 6.07) is 9.63. The van der Waals surface area contributed by atoms with Gasteiger partial charge in [-0.1, -0.05) is 12.1 Å². The van der Waals surface area contributed by atoms with Crippen LogP contribution in [-0.4, -0.2) is 29.2 Å². The molecule has 23 heavy (non-hydrogen) atoms. The number of benzene rings is 1. The van der Waals surface area contributed by atoms with Crippen molar-refractivity contribution in [3.63, 3.8) is 0 Å². The van der Waals surface area contributed by atoms with Gasteiger partial charge in [0.05, 0.1) is 6.42 Å². The van der Waals surface area contributed by atoms with Crippen LogP contribution in [0.2, 0.25) is 0 Å². The molecule has 1 fully saturated rings. The second-order valence-electron chi connectivity index (χ2n) is 5.68. The zero-order valence-corrected chi connectivity index (χ0v) is 12.8. The van der Waals surface area contributed by atoms with E-state index in [9.17, 15) is 9.18 Å². The SMILES string of the molecule is O=C(Cc1cccc(F)c1)Nc1ccc(N2CCCCC2)nn1. The van der Waals surface area contributed by atoms with Crippen LogP contribution < -0.4 is 10.2 Å². The lowest BCUT2D eigenvalue weighted by Gasteiger charge is -2.27. The molecule has 1 aromatic heterocycles. The Balaban J connectivity index is 1.58. The molecule has 0 atom stereocenters. The Morgan fingerprint density at radius 2 is 1.96 bits per heavy atom. The molecule has 0 bridgehead atoms. The van der Waals surface area contributed by atoms with E-state index in [0.717, 1.165) is 18.9 Å². The van der Waals surface area contributed by atoms with Gasteiger partial charge in [0.15, 0.2) is 11.6 Å². The van der Waals surface area contributed by atoms with Crippen molar-refractivity contribution in [2.45, 2.75) is 25.7 Å². The predicted molar refractivity (Wildman–Crippen MR) is 86.8 cm³/mol. The third-order valence-electron chi connectivity index (χ3n) is 3.85. The number of amides is 1. The van der Waals surface area contributed by atoms with E-state index in [1.807, 2.05) is 6.07 Å². The molecular weight excluding hydrogens is 295 g/mol. The van der Waals surface area contributed by atoms with Gasteiger partial charge >= 0.3 is 0 Å². The van der Waals surface area contributed by atoms with Crippen LogP contribution in [0.25, 0.3) is 0 Å². The molecule has 0 spiro atoms. The number of halogens is 1. The number of piperidine rings is 1. The van der Waals surface area contributed by atoms with Gasteiger partial charge in [-0.15, -0.1) is 10.2 Å². The van der Waals surface area contributed by atoms with Gasteiger partial charge in [-0.2, -0.15) is 0 Å². The molecule has 1 aromatic carbocycles. The maximum absolute atomic E-state index is 13.1. The average molecular weight is 314 g/mol. The van der Waals surface area contributed by atoms with Crippen LogP contribution >= 0.6 is 0 Å². The van der Waals surface area contributed by atoms with Crippen molar-refractivity contribution in [2.75, 3.05) is 23.3 Å². The lowest BCUT2D eigenvalue weighted by Crippen LogP contribution is -2.30. The fourth-order valence-electron chi connectivity index (χ4n) is 2.70. The lowest BCUT2D eigenvalue weighted by atomic mass is 10.1. The Morgan fingerprint density at radius 3 is 2.65 bits per heavy atom. The summed E-state index contributed by atoms with van der Waals surface area (Å²) in [5.41, 5.74) is 0.625. The van der Waals surface area contributed by atoms with Gasteiger partial charge in [0.1, 0.15) is 5.82 Å². The zero-order chi connectivity index (χ0) is 16.1. The molecule has 2 aromatic rings. The van der Waals surface area contributed by atoms with Crippen LogP contribution in [0.4, 0.5) is 16.0 Å². The first-order chi connectivity index (χ1) is 11.2. The van der Waals surface area contributed by atoms with E-state index in [4.69, 9.17) is 0 Å². The van der Waals surface area contributed by atoms with Crippen molar-refractivity contribution >= 4 is 17.5 Å². The van der Waals surface area contributed by atoms with Crippen molar-refractivity contribution in [2.24, 2.45) is 0 Å². The van der Waals surface area contributed by atoms with Crippen molar-refractivity contribution in [3.8, 4) is 0 Å². The Bertz CT molecular complexity index is 669. The lowest BCUT2D eigenvalue weighted by molar-refractivity contribution is -0.115. The van der Waals surface area contributed by atoms with E-state index < -0.39 is 0 Å². The van der Waals surface area contributed by atoms with Gasteiger partial charge in [-0.25, -0.2) is 4.39 Å². The molecule has 3 rings (SSSR count). The number of carbonyl (C=O) groups is 1. The van der Waals surface area contributed by atoms with Crippen LogP contribution in [0, 0.1) is 5.82 Å². The van der Waals surface area contributed by atoms with Crippen molar-refractivity contribution < 1.29 is 9.18 Å². The maximum Gasteiger partial charge on any atom is 0.229 e. The number of nitrogens with zero attached hydrogens (tertiary/aromatic N) is 3. The van der Waals surface area contributed by atoms with E-state index in [-0.39, 0.29) is 18.1 Å². The molecule has 0 aliphatic carbocycles. The van der Waals surface area contributed by atoms with E-state index in [2.05, 4.69) is 20.4 Å². The van der Waals surface area contributed by atoms with E-state index >= 15 is 0 Å². The third kappa shape index (κ3) is 4.25. The molecule has 6 heteroatoms. The predicted octanol–water partition coefficient (Wildman–Crippen LogP) is 2.79. The molecule has 1 saturated heterocycles. The Labute approximate surface area is 134 Å². The van der Waals surface area contributed by atoms with Crippen molar-refractivity contribution in [1.82, 2.24) is 10.2 Å². The second-order valence-corrected chi connectivity index (χ2v) is 5.68. The Kier molecular flexibility index (Phi) is 4.80. The van der Waals surface area contributed by atoms with Crippen molar-refractivity contribution in [1.29, 1.82) is 0 Å². The number of rotatable bonds is 4. The third-order valence-corrected chi connectivity index (χ3v) is 3.85. The van der Waals surface area contributed by atoms with Crippen LogP contribution in [0.3, 0.4) is 0 Å². The van der Waals surface area contributed by atoms with Crippen molar-refractivity contribution in [3.05, 3.63) is 47.8 Å². The van der Waals surface area contributed by atoms with Crippen LogP contribution in [0.1, 0.15) is 24.8 Å². The number of aromatic nitrogens is 2. The summed E-state index contributed by atoms with van der Waals surface area (Å²) < 4.78 is 13.1. The van der Waals surface area contributed by atoms with E-state index in [0.29, 0.717) is 11.4 Å². The van der Waals surface area contributed by atoms with Gasteiger partial charge in [0.25, 0.3) is 0 Å². The first kappa shape index (κ1) is 15.4. The number of hydrogen-bond acceptors (Lipinski definition) is 4. The fraction of sp³-hybridized carbons (Fsp3) is 0.353. The van der Waals surface area contributed by atoms with Crippen LogP contribution in [-0.2, 0) is 11.2 Å². The number of anilines is 2. The quantitative estimate of drug-likeness (QED) is 0.943. The average Bonchev–Trinajstić information content (AvgIpc) is 2.56. The maximum atomic E-state index is 13.1. The smallest absolute Gasteiger partial charge is 0.229 e. The van der Waals surface area contributed by atoms with Crippen LogP contribution in [0.5, 0.6) is 0 Å². The largest absolute Gasteiger partial charge is 0.355 e. The monoisotopic (exact) mass is 314 g/mol. The highest BCUT2D eigenvalue weighted by molar-refractivity contribution is 5.91. The second kappa shape index (κ2) is 7.17. The van der Waals surface area contributed by atoms with Gasteiger partial charge in [-0.3, -0.25) is 4.79 Å². The molecule has 1 N–H and O–H groups in total. The minimum Gasteiger partial charge on any atom is -0.355 e. The molecule has 5 nitrogen and oxygen atoms in total. The summed E-state index contributed by atoms with van der Waals surface area (Å²) in [5, 5.41) is 10.9. The first-order valence-corrected chi connectivity index (χ1v) is 7.84. The highest BCUT2D eigenvalue weighted by atomic mass is 19.1. The molecule has 2 heterocycles. The first-order valence-electron chi connectivity index (χ1n) is 7.84. The molecule has 120 valence electrons. The zero-order valence-electron chi connectivity index (χ0n) is 12.8. The highest BCUT2D eigenvalue weighted by Crippen LogP contribution is 2.17. The molecule has 1 aliphatic rings. The fourth-order valence-corrected chi connectivity index (χ4v) is 2.70. The van der Waals surface area contributed by atoms with Gasteiger partial charge < -0.3 is 10.2 Å². The standard InChI is InChI=1S/C17H19FN4O/c18-14-6-4-5-13(11-14)12-17(23)19-15-7-8-16(21-20-15)22-9-2-1-3-10-22/h4-8,11H,1-3,9-10,12H2,(H,19,20,23). The molecule has 1 aliphatic heterocycles. The van der Waals surface area contributed by atoms with E-state index in [1.165, 1.54) is 31.4 Å². The summed E-state index contributed by atoms with van der Waals surface area (Å²) in [6.07, 6.45) is 3.72. The van der Waals surface area contributed by atoms with Gasteiger partial charge in [-0.05, 0) is 49.1 Å². The number of hydrogen-bond donors (Lipinski definition) is 1. The molecular formula is C17H19FN4O. The molecule has 1 amide bonds. The summed E-state index contributed by atoms with van der Waals surface area (Å²) in [6.45, 7) is 2.00. The topological polar surface area (TPSA) is 58.1 Å². The minimum absolute atomic E-state index is 0.104. The molecule has 0 saturated carbocycles. The number of nitrogens with one attached hydrogen (secondary N) is 1. The summed E-state index contributed by atoms with van der Waals surface area (Å²) in [4.78, 5) is 14.2. The number of carbonyl (C=O) groups excluding carboxylic acids is 1. The Hall–Kier alpha value is -2.50.